The van der Waals surface area contributed by atoms with Gasteiger partial charge in [-0.1, -0.05) is 0 Å². The van der Waals surface area contributed by atoms with E-state index < -0.39 is 5.41 Å². The van der Waals surface area contributed by atoms with E-state index in [1.54, 1.807) is 7.05 Å². The summed E-state index contributed by atoms with van der Waals surface area (Å²) in [5.74, 6) is 5.71. The number of rotatable bonds is 4. The third-order valence-electron chi connectivity index (χ3n) is 1.96. The molecule has 0 radical (unpaired) electrons. The van der Waals surface area contributed by atoms with Crippen molar-refractivity contribution in [1.82, 2.24) is 16.1 Å². The Balaban J connectivity index is 4.38. The molecule has 0 aliphatic heterocycles. The fraction of sp³-hybridized carbons (Fsp3) is 0.778. The van der Waals surface area contributed by atoms with Crippen molar-refractivity contribution in [2.45, 2.75) is 20.8 Å². The fourth-order valence-corrected chi connectivity index (χ4v) is 1.01. The summed E-state index contributed by atoms with van der Waals surface area (Å²) in [6.45, 7) is 6.70. The molecule has 6 nitrogen and oxygen atoms in total. The molecule has 88 valence electrons. The number of carbonyl (C=O) groups is 1. The van der Waals surface area contributed by atoms with Gasteiger partial charge in [0.2, 0.25) is 11.9 Å². The van der Waals surface area contributed by atoms with Gasteiger partial charge in [0, 0.05) is 13.6 Å². The van der Waals surface area contributed by atoms with Gasteiger partial charge >= 0.3 is 0 Å². The van der Waals surface area contributed by atoms with Crippen LogP contribution in [0.5, 0.6) is 0 Å². The lowest BCUT2D eigenvalue weighted by Gasteiger charge is -2.20. The van der Waals surface area contributed by atoms with E-state index in [-0.39, 0.29) is 5.91 Å². The van der Waals surface area contributed by atoms with Crippen LogP contribution in [0.2, 0.25) is 0 Å². The summed E-state index contributed by atoms with van der Waals surface area (Å²) < 4.78 is 0. The molecule has 15 heavy (non-hydrogen) atoms. The number of amides is 1. The molecule has 0 saturated carbocycles. The van der Waals surface area contributed by atoms with Crippen molar-refractivity contribution in [3.8, 4) is 0 Å². The highest BCUT2D eigenvalue weighted by molar-refractivity contribution is 5.83. The van der Waals surface area contributed by atoms with Crippen LogP contribution in [0, 0.1) is 5.41 Å². The van der Waals surface area contributed by atoms with Gasteiger partial charge in [0.1, 0.15) is 0 Å². The Morgan fingerprint density at radius 2 is 2.07 bits per heavy atom. The van der Waals surface area contributed by atoms with Gasteiger partial charge in [0.05, 0.1) is 12.0 Å². The first-order valence-corrected chi connectivity index (χ1v) is 4.95. The zero-order valence-corrected chi connectivity index (χ0v) is 9.85. The molecule has 0 saturated heterocycles. The molecule has 0 aromatic carbocycles. The van der Waals surface area contributed by atoms with Crippen LogP contribution in [0.3, 0.4) is 0 Å². The fourth-order valence-electron chi connectivity index (χ4n) is 1.01. The molecule has 0 bridgehead atoms. The first-order valence-electron chi connectivity index (χ1n) is 4.95. The first-order chi connectivity index (χ1) is 6.97. The lowest BCUT2D eigenvalue weighted by Crippen LogP contribution is -2.43. The molecule has 0 aromatic heterocycles. The molecule has 5 N–H and O–H groups in total. The van der Waals surface area contributed by atoms with Crippen LogP contribution < -0.4 is 21.9 Å². The van der Waals surface area contributed by atoms with Crippen molar-refractivity contribution in [3.05, 3.63) is 0 Å². The smallest absolute Gasteiger partial charge is 0.227 e. The maximum Gasteiger partial charge on any atom is 0.227 e. The number of nitrogens with two attached hydrogens (primary N) is 1. The summed E-state index contributed by atoms with van der Waals surface area (Å²) in [6, 6.07) is 0. The summed E-state index contributed by atoms with van der Waals surface area (Å²) >= 11 is 0. The number of carbonyl (C=O) groups excluding carboxylic acids is 1. The van der Waals surface area contributed by atoms with Gasteiger partial charge in [-0.3, -0.25) is 15.2 Å². The topological polar surface area (TPSA) is 91.5 Å². The third kappa shape index (κ3) is 4.64. The van der Waals surface area contributed by atoms with Crippen LogP contribution >= 0.6 is 0 Å². The minimum atomic E-state index is -0.535. The van der Waals surface area contributed by atoms with Gasteiger partial charge in [-0.05, 0) is 20.8 Å². The standard InChI is InChI=1S/C9H21N5O/c1-5-12-8(14-10)13-6-9(2,3)7(15)11-4/h5-6,10H2,1-4H3,(H,11,15)(H2,12,13,14). The minimum absolute atomic E-state index is 0.0425. The maximum atomic E-state index is 11.4. The van der Waals surface area contributed by atoms with E-state index in [9.17, 15) is 4.79 Å². The molecule has 0 aliphatic rings. The lowest BCUT2D eigenvalue weighted by atomic mass is 9.93. The first kappa shape index (κ1) is 13.7. The van der Waals surface area contributed by atoms with E-state index in [0.29, 0.717) is 12.5 Å². The van der Waals surface area contributed by atoms with Gasteiger partial charge in [-0.25, -0.2) is 5.84 Å². The van der Waals surface area contributed by atoms with Gasteiger partial charge in [0.25, 0.3) is 0 Å². The van der Waals surface area contributed by atoms with E-state index in [4.69, 9.17) is 5.84 Å². The second-order valence-electron chi connectivity index (χ2n) is 3.80. The van der Waals surface area contributed by atoms with E-state index in [0.717, 1.165) is 6.54 Å². The zero-order chi connectivity index (χ0) is 11.9. The number of hydrogen-bond donors (Lipinski definition) is 4. The Labute approximate surface area is 90.7 Å². The van der Waals surface area contributed by atoms with Crippen molar-refractivity contribution in [1.29, 1.82) is 0 Å². The molecule has 0 fully saturated rings. The third-order valence-corrected chi connectivity index (χ3v) is 1.96. The predicted molar refractivity (Wildman–Crippen MR) is 61.1 cm³/mol. The average Bonchev–Trinajstić information content (AvgIpc) is 2.22. The molecule has 0 atom stereocenters. The summed E-state index contributed by atoms with van der Waals surface area (Å²) in [4.78, 5) is 15.6. The van der Waals surface area contributed by atoms with E-state index in [1.807, 2.05) is 20.8 Å². The van der Waals surface area contributed by atoms with Crippen molar-refractivity contribution >= 4 is 11.9 Å². The number of aliphatic imine (C=N–C) groups is 1. The monoisotopic (exact) mass is 215 g/mol. The van der Waals surface area contributed by atoms with E-state index in [2.05, 4.69) is 21.1 Å². The van der Waals surface area contributed by atoms with Crippen molar-refractivity contribution in [2.24, 2.45) is 16.3 Å². The highest BCUT2D eigenvalue weighted by Gasteiger charge is 2.26. The Morgan fingerprint density at radius 1 is 1.47 bits per heavy atom. The molecule has 0 aromatic rings. The van der Waals surface area contributed by atoms with Crippen molar-refractivity contribution < 1.29 is 4.79 Å². The largest absolute Gasteiger partial charge is 0.359 e. The van der Waals surface area contributed by atoms with Crippen LogP contribution in [0.15, 0.2) is 4.99 Å². The molecule has 0 unspecified atom stereocenters. The highest BCUT2D eigenvalue weighted by Crippen LogP contribution is 2.14. The summed E-state index contributed by atoms with van der Waals surface area (Å²) in [6.07, 6.45) is 0. The molecule has 0 aliphatic carbocycles. The molecular formula is C9H21N5O. The van der Waals surface area contributed by atoms with Gasteiger partial charge < -0.3 is 10.6 Å². The van der Waals surface area contributed by atoms with Crippen molar-refractivity contribution in [3.63, 3.8) is 0 Å². The lowest BCUT2D eigenvalue weighted by molar-refractivity contribution is -0.128. The Bertz CT molecular complexity index is 237. The number of nitrogens with zero attached hydrogens (tertiary/aromatic N) is 1. The van der Waals surface area contributed by atoms with E-state index >= 15 is 0 Å². The van der Waals surface area contributed by atoms with Crippen LogP contribution in [0.1, 0.15) is 20.8 Å². The molecule has 1 amide bonds. The van der Waals surface area contributed by atoms with Crippen LogP contribution in [0.25, 0.3) is 0 Å². The highest BCUT2D eigenvalue weighted by atomic mass is 16.2. The molecular weight excluding hydrogens is 194 g/mol. The number of hydrazine groups is 1. The number of nitrogens with one attached hydrogen (secondary N) is 3. The van der Waals surface area contributed by atoms with Crippen LogP contribution in [0.4, 0.5) is 0 Å². The summed E-state index contributed by atoms with van der Waals surface area (Å²) in [5, 5.41) is 5.54. The number of hydrogen-bond acceptors (Lipinski definition) is 3. The summed E-state index contributed by atoms with van der Waals surface area (Å²) in [7, 11) is 1.61. The quantitative estimate of drug-likeness (QED) is 0.213. The Hall–Kier alpha value is -1.30. The Morgan fingerprint density at radius 3 is 2.47 bits per heavy atom. The van der Waals surface area contributed by atoms with Gasteiger partial charge in [-0.15, -0.1) is 0 Å². The van der Waals surface area contributed by atoms with E-state index in [1.165, 1.54) is 0 Å². The zero-order valence-electron chi connectivity index (χ0n) is 9.85. The van der Waals surface area contributed by atoms with Gasteiger partial charge in [-0.2, -0.15) is 0 Å². The maximum absolute atomic E-state index is 11.4. The SMILES string of the molecule is CCNC(=NCC(C)(C)C(=O)NC)NN. The number of guanidine groups is 1. The van der Waals surface area contributed by atoms with Crippen LogP contribution in [-0.2, 0) is 4.79 Å². The predicted octanol–water partition coefficient (Wildman–Crippen LogP) is -0.813. The molecule has 6 heteroatoms. The second-order valence-corrected chi connectivity index (χ2v) is 3.80. The molecule has 0 spiro atoms. The molecule has 0 rings (SSSR count). The minimum Gasteiger partial charge on any atom is -0.359 e. The average molecular weight is 215 g/mol. The Kier molecular flexibility index (Phi) is 5.69. The normalized spacial score (nSPS) is 12.2. The second kappa shape index (κ2) is 6.23. The van der Waals surface area contributed by atoms with Crippen LogP contribution in [-0.4, -0.2) is 32.0 Å². The van der Waals surface area contributed by atoms with Crippen molar-refractivity contribution in [2.75, 3.05) is 20.1 Å². The van der Waals surface area contributed by atoms with Gasteiger partial charge in [0.15, 0.2) is 0 Å². The summed E-state index contributed by atoms with van der Waals surface area (Å²) in [5.41, 5.74) is 1.90. The molecule has 0 heterocycles.